The van der Waals surface area contributed by atoms with Crippen LogP contribution in [0.1, 0.15) is 19.4 Å². The highest BCUT2D eigenvalue weighted by atomic mass is 79.9. The van der Waals surface area contributed by atoms with Gasteiger partial charge >= 0.3 is 5.97 Å². The molecule has 1 aromatic rings. The van der Waals surface area contributed by atoms with Gasteiger partial charge in [0.1, 0.15) is 0 Å². The average Bonchev–Trinajstić information content (AvgIpc) is 2.30. The van der Waals surface area contributed by atoms with Crippen molar-refractivity contribution in [2.75, 3.05) is 18.5 Å². The van der Waals surface area contributed by atoms with Crippen molar-refractivity contribution < 1.29 is 9.53 Å². The molecule has 0 saturated carbocycles. The van der Waals surface area contributed by atoms with Crippen LogP contribution in [0.25, 0.3) is 0 Å². The quantitative estimate of drug-likeness (QED) is 0.847. The van der Waals surface area contributed by atoms with Crippen molar-refractivity contribution in [1.82, 2.24) is 0 Å². The number of esters is 1. The van der Waals surface area contributed by atoms with E-state index in [1.54, 1.807) is 0 Å². The summed E-state index contributed by atoms with van der Waals surface area (Å²) < 4.78 is 6.01. The third-order valence-electron chi connectivity index (χ3n) is 2.47. The third kappa shape index (κ3) is 4.38. The number of hydrogen-bond donors (Lipinski definition) is 1. The molecule has 1 N–H and O–H groups in total. The van der Waals surface area contributed by atoms with Crippen molar-refractivity contribution in [3.05, 3.63) is 28.2 Å². The van der Waals surface area contributed by atoms with Gasteiger partial charge in [0.15, 0.2) is 0 Å². The van der Waals surface area contributed by atoms with E-state index in [0.717, 1.165) is 10.2 Å². The van der Waals surface area contributed by atoms with E-state index in [-0.39, 0.29) is 11.9 Å². The predicted octanol–water partition coefficient (Wildman–Crippen LogP) is 3.37. The van der Waals surface area contributed by atoms with E-state index in [0.29, 0.717) is 13.2 Å². The minimum atomic E-state index is -0.161. The zero-order valence-corrected chi connectivity index (χ0v) is 12.0. The lowest BCUT2D eigenvalue weighted by atomic mass is 10.1. The van der Waals surface area contributed by atoms with Crippen LogP contribution < -0.4 is 5.32 Å². The Morgan fingerprint density at radius 1 is 1.53 bits per heavy atom. The second-order valence-corrected chi connectivity index (χ2v) is 4.85. The first-order valence-electron chi connectivity index (χ1n) is 5.71. The van der Waals surface area contributed by atoms with Crippen LogP contribution >= 0.6 is 15.9 Å². The van der Waals surface area contributed by atoms with Gasteiger partial charge in [-0.1, -0.05) is 28.9 Å². The summed E-state index contributed by atoms with van der Waals surface area (Å²) in [5, 5.41) is 3.22. The fourth-order valence-corrected chi connectivity index (χ4v) is 1.72. The molecule has 0 spiro atoms. The SMILES string of the molecule is CCOC(=O)C(C)CNc1ccc(C)c(Br)c1. The summed E-state index contributed by atoms with van der Waals surface area (Å²) >= 11 is 3.48. The molecule has 1 rings (SSSR count). The predicted molar refractivity (Wildman–Crippen MR) is 73.2 cm³/mol. The molecule has 0 aliphatic rings. The molecule has 0 aliphatic heterocycles. The summed E-state index contributed by atoms with van der Waals surface area (Å²) in [5.41, 5.74) is 2.19. The molecule has 0 bridgehead atoms. The number of carbonyl (C=O) groups is 1. The molecule has 1 unspecified atom stereocenters. The minimum Gasteiger partial charge on any atom is -0.466 e. The Labute approximate surface area is 111 Å². The highest BCUT2D eigenvalue weighted by Gasteiger charge is 2.13. The lowest BCUT2D eigenvalue weighted by Gasteiger charge is -2.13. The molecule has 4 heteroatoms. The summed E-state index contributed by atoms with van der Waals surface area (Å²) in [6, 6.07) is 6.03. The number of carbonyl (C=O) groups excluding carboxylic acids is 1. The van der Waals surface area contributed by atoms with E-state index in [4.69, 9.17) is 4.74 Å². The van der Waals surface area contributed by atoms with Crippen molar-refractivity contribution in [2.24, 2.45) is 5.92 Å². The van der Waals surface area contributed by atoms with Crippen molar-refractivity contribution in [3.8, 4) is 0 Å². The van der Waals surface area contributed by atoms with Gasteiger partial charge in [0.05, 0.1) is 12.5 Å². The molecule has 94 valence electrons. The van der Waals surface area contributed by atoms with Crippen LogP contribution in [0.5, 0.6) is 0 Å². The van der Waals surface area contributed by atoms with Crippen molar-refractivity contribution in [2.45, 2.75) is 20.8 Å². The highest BCUT2D eigenvalue weighted by Crippen LogP contribution is 2.20. The summed E-state index contributed by atoms with van der Waals surface area (Å²) in [7, 11) is 0. The Morgan fingerprint density at radius 3 is 2.82 bits per heavy atom. The Balaban J connectivity index is 2.50. The van der Waals surface area contributed by atoms with Gasteiger partial charge in [-0.05, 0) is 31.5 Å². The number of hydrogen-bond acceptors (Lipinski definition) is 3. The van der Waals surface area contributed by atoms with E-state index < -0.39 is 0 Å². The normalized spacial score (nSPS) is 12.0. The molecule has 0 heterocycles. The molecular weight excluding hydrogens is 282 g/mol. The smallest absolute Gasteiger partial charge is 0.310 e. The van der Waals surface area contributed by atoms with Crippen molar-refractivity contribution in [1.29, 1.82) is 0 Å². The number of ether oxygens (including phenoxy) is 1. The van der Waals surface area contributed by atoms with Gasteiger partial charge in [-0.15, -0.1) is 0 Å². The zero-order chi connectivity index (χ0) is 12.8. The molecule has 0 radical (unpaired) electrons. The molecule has 0 saturated heterocycles. The Hall–Kier alpha value is -1.03. The molecule has 3 nitrogen and oxygen atoms in total. The molecule has 0 aromatic heterocycles. The van der Waals surface area contributed by atoms with Gasteiger partial charge in [0, 0.05) is 16.7 Å². The number of rotatable bonds is 5. The lowest BCUT2D eigenvalue weighted by molar-refractivity contribution is -0.146. The van der Waals surface area contributed by atoms with Crippen LogP contribution in [0.2, 0.25) is 0 Å². The highest BCUT2D eigenvalue weighted by molar-refractivity contribution is 9.10. The summed E-state index contributed by atoms with van der Waals surface area (Å²) in [4.78, 5) is 11.4. The van der Waals surface area contributed by atoms with Crippen molar-refractivity contribution >= 4 is 27.6 Å². The van der Waals surface area contributed by atoms with Crippen LogP contribution in [-0.4, -0.2) is 19.1 Å². The summed E-state index contributed by atoms with van der Waals surface area (Å²) in [6.07, 6.45) is 0. The van der Waals surface area contributed by atoms with Gasteiger partial charge in [-0.25, -0.2) is 0 Å². The van der Waals surface area contributed by atoms with Gasteiger partial charge in [0.25, 0.3) is 0 Å². The Morgan fingerprint density at radius 2 is 2.24 bits per heavy atom. The number of nitrogens with one attached hydrogen (secondary N) is 1. The Kier molecular flexibility index (Phi) is 5.48. The molecular formula is C13H18BrNO2. The zero-order valence-electron chi connectivity index (χ0n) is 10.4. The second kappa shape index (κ2) is 6.64. The van der Waals surface area contributed by atoms with Gasteiger partial charge < -0.3 is 10.1 Å². The van der Waals surface area contributed by atoms with Crippen LogP contribution in [0.3, 0.4) is 0 Å². The van der Waals surface area contributed by atoms with E-state index in [2.05, 4.69) is 21.2 Å². The summed E-state index contributed by atoms with van der Waals surface area (Å²) in [5.74, 6) is -0.304. The maximum atomic E-state index is 11.4. The molecule has 0 amide bonds. The van der Waals surface area contributed by atoms with Gasteiger partial charge in [-0.3, -0.25) is 4.79 Å². The summed E-state index contributed by atoms with van der Waals surface area (Å²) in [6.45, 7) is 6.71. The Bertz CT molecular complexity index is 393. The molecule has 1 atom stereocenters. The van der Waals surface area contributed by atoms with Crippen molar-refractivity contribution in [3.63, 3.8) is 0 Å². The van der Waals surface area contributed by atoms with Gasteiger partial charge in [-0.2, -0.15) is 0 Å². The number of halogens is 1. The molecule has 0 aliphatic carbocycles. The van der Waals surface area contributed by atoms with Gasteiger partial charge in [0.2, 0.25) is 0 Å². The first kappa shape index (κ1) is 14.0. The topological polar surface area (TPSA) is 38.3 Å². The first-order chi connectivity index (χ1) is 8.04. The van der Waals surface area contributed by atoms with Crippen LogP contribution in [0.15, 0.2) is 22.7 Å². The van der Waals surface area contributed by atoms with Crippen LogP contribution in [0, 0.1) is 12.8 Å². The maximum Gasteiger partial charge on any atom is 0.310 e. The fraction of sp³-hybridized carbons (Fsp3) is 0.462. The van der Waals surface area contributed by atoms with E-state index in [1.165, 1.54) is 5.56 Å². The maximum absolute atomic E-state index is 11.4. The van der Waals surface area contributed by atoms with Crippen LogP contribution in [0.4, 0.5) is 5.69 Å². The van der Waals surface area contributed by atoms with E-state index in [9.17, 15) is 4.79 Å². The lowest BCUT2D eigenvalue weighted by Crippen LogP contribution is -2.22. The van der Waals surface area contributed by atoms with E-state index >= 15 is 0 Å². The van der Waals surface area contributed by atoms with Crippen LogP contribution in [-0.2, 0) is 9.53 Å². The number of benzene rings is 1. The molecule has 17 heavy (non-hydrogen) atoms. The third-order valence-corrected chi connectivity index (χ3v) is 3.33. The molecule has 1 aromatic carbocycles. The largest absolute Gasteiger partial charge is 0.466 e. The number of aryl methyl sites for hydroxylation is 1. The second-order valence-electron chi connectivity index (χ2n) is 4.00. The monoisotopic (exact) mass is 299 g/mol. The standard InChI is InChI=1S/C13H18BrNO2/c1-4-17-13(16)10(3)8-15-11-6-5-9(2)12(14)7-11/h5-7,10,15H,4,8H2,1-3H3. The molecule has 0 fully saturated rings. The fourth-order valence-electron chi connectivity index (χ4n) is 1.34. The number of anilines is 1. The van der Waals surface area contributed by atoms with E-state index in [1.807, 2.05) is 39.0 Å². The first-order valence-corrected chi connectivity index (χ1v) is 6.50. The minimum absolute atomic E-state index is 0.143. The average molecular weight is 300 g/mol.